The molecule has 1 rings (SSSR count). The molecule has 0 aromatic carbocycles. The van der Waals surface area contributed by atoms with Crippen LogP contribution in [0.5, 0.6) is 0 Å². The molecule has 1 unspecified atom stereocenters. The number of carbonyl (C=O) groups is 1. The molecule has 1 atom stereocenters. The van der Waals surface area contributed by atoms with Gasteiger partial charge in [-0.05, 0) is 5.92 Å². The highest BCUT2D eigenvalue weighted by atomic mass is 16.5. The number of hydrogen-bond donors (Lipinski definition) is 1. The lowest BCUT2D eigenvalue weighted by molar-refractivity contribution is -0.139. The standard InChI is InChI=1S/C9H14N2O2/c1-6(2)8(3-10)11-9(12)7-4-13-5-7/h6-8H,4-5H2,1-2H3,(H,11,12). The predicted molar refractivity (Wildman–Crippen MR) is 46.7 cm³/mol. The molecule has 1 aliphatic rings. The van der Waals surface area contributed by atoms with E-state index in [1.807, 2.05) is 13.8 Å². The molecule has 0 bridgehead atoms. The molecular weight excluding hydrogens is 168 g/mol. The maximum Gasteiger partial charge on any atom is 0.228 e. The van der Waals surface area contributed by atoms with Gasteiger partial charge >= 0.3 is 0 Å². The van der Waals surface area contributed by atoms with Gasteiger partial charge in [-0.2, -0.15) is 5.26 Å². The summed E-state index contributed by atoms with van der Waals surface area (Å²) in [6.07, 6.45) is 0. The molecule has 1 fully saturated rings. The van der Waals surface area contributed by atoms with Gasteiger partial charge < -0.3 is 10.1 Å². The second-order valence-electron chi connectivity index (χ2n) is 3.59. The van der Waals surface area contributed by atoms with Gasteiger partial charge in [0.1, 0.15) is 6.04 Å². The van der Waals surface area contributed by atoms with E-state index in [1.54, 1.807) is 0 Å². The summed E-state index contributed by atoms with van der Waals surface area (Å²) >= 11 is 0. The molecular formula is C9H14N2O2. The van der Waals surface area contributed by atoms with Crippen LogP contribution in [0, 0.1) is 23.2 Å². The third kappa shape index (κ3) is 2.43. The Kier molecular flexibility index (Phi) is 3.26. The van der Waals surface area contributed by atoms with Gasteiger partial charge in [0.25, 0.3) is 0 Å². The summed E-state index contributed by atoms with van der Waals surface area (Å²) in [4.78, 5) is 11.4. The molecule has 1 saturated heterocycles. The maximum atomic E-state index is 11.4. The van der Waals surface area contributed by atoms with Crippen molar-refractivity contribution in [2.24, 2.45) is 11.8 Å². The highest BCUT2D eigenvalue weighted by Gasteiger charge is 2.28. The van der Waals surface area contributed by atoms with Crippen LogP contribution in [0.4, 0.5) is 0 Å². The maximum absolute atomic E-state index is 11.4. The fourth-order valence-corrected chi connectivity index (χ4v) is 1.01. The zero-order chi connectivity index (χ0) is 9.84. The van der Waals surface area contributed by atoms with Gasteiger partial charge in [-0.1, -0.05) is 13.8 Å². The molecule has 1 aliphatic heterocycles. The fraction of sp³-hybridized carbons (Fsp3) is 0.778. The molecule has 0 aromatic heterocycles. The molecule has 72 valence electrons. The molecule has 4 heteroatoms. The normalized spacial score (nSPS) is 18.9. The van der Waals surface area contributed by atoms with Crippen LogP contribution in [0.25, 0.3) is 0 Å². The summed E-state index contributed by atoms with van der Waals surface area (Å²) in [7, 11) is 0. The molecule has 1 N–H and O–H groups in total. The van der Waals surface area contributed by atoms with E-state index < -0.39 is 0 Å². The Bertz CT molecular complexity index is 228. The monoisotopic (exact) mass is 182 g/mol. The Hall–Kier alpha value is -1.08. The first-order valence-electron chi connectivity index (χ1n) is 4.43. The molecule has 0 radical (unpaired) electrons. The van der Waals surface area contributed by atoms with Crippen molar-refractivity contribution in [3.05, 3.63) is 0 Å². The first-order valence-corrected chi connectivity index (χ1v) is 4.43. The Balaban J connectivity index is 2.37. The average Bonchev–Trinajstić information content (AvgIpc) is 1.96. The minimum atomic E-state index is -0.381. The Morgan fingerprint density at radius 2 is 2.23 bits per heavy atom. The minimum absolute atomic E-state index is 0.0467. The lowest BCUT2D eigenvalue weighted by Gasteiger charge is -2.26. The summed E-state index contributed by atoms with van der Waals surface area (Å²) < 4.78 is 4.89. The van der Waals surface area contributed by atoms with Crippen molar-refractivity contribution in [3.8, 4) is 6.07 Å². The summed E-state index contributed by atoms with van der Waals surface area (Å²) in [5, 5.41) is 11.4. The largest absolute Gasteiger partial charge is 0.380 e. The average molecular weight is 182 g/mol. The Morgan fingerprint density at radius 3 is 2.54 bits per heavy atom. The minimum Gasteiger partial charge on any atom is -0.380 e. The van der Waals surface area contributed by atoms with Crippen LogP contribution in [-0.2, 0) is 9.53 Å². The van der Waals surface area contributed by atoms with Crippen molar-refractivity contribution in [1.82, 2.24) is 5.32 Å². The first kappa shape index (κ1) is 10.0. The third-order valence-electron chi connectivity index (χ3n) is 2.11. The van der Waals surface area contributed by atoms with E-state index in [-0.39, 0.29) is 23.8 Å². The topological polar surface area (TPSA) is 62.1 Å². The number of hydrogen-bond acceptors (Lipinski definition) is 3. The van der Waals surface area contributed by atoms with E-state index in [0.717, 1.165) is 0 Å². The van der Waals surface area contributed by atoms with Crippen LogP contribution in [0.15, 0.2) is 0 Å². The lowest BCUT2D eigenvalue weighted by atomic mass is 10.0. The number of nitrogens with one attached hydrogen (secondary N) is 1. The fourth-order valence-electron chi connectivity index (χ4n) is 1.01. The van der Waals surface area contributed by atoms with E-state index in [0.29, 0.717) is 13.2 Å². The lowest BCUT2D eigenvalue weighted by Crippen LogP contribution is -2.47. The van der Waals surface area contributed by atoms with Crippen LogP contribution in [0.2, 0.25) is 0 Å². The highest BCUT2D eigenvalue weighted by Crippen LogP contribution is 2.10. The number of amides is 1. The summed E-state index contributed by atoms with van der Waals surface area (Å²) in [6.45, 7) is 4.79. The van der Waals surface area contributed by atoms with Crippen molar-refractivity contribution >= 4 is 5.91 Å². The van der Waals surface area contributed by atoms with Crippen LogP contribution in [0.3, 0.4) is 0 Å². The van der Waals surface area contributed by atoms with Crippen molar-refractivity contribution < 1.29 is 9.53 Å². The molecule has 4 nitrogen and oxygen atoms in total. The molecule has 0 aliphatic carbocycles. The molecule has 0 spiro atoms. The quantitative estimate of drug-likeness (QED) is 0.682. The van der Waals surface area contributed by atoms with E-state index >= 15 is 0 Å². The molecule has 0 aromatic rings. The molecule has 1 amide bonds. The number of ether oxygens (including phenoxy) is 1. The van der Waals surface area contributed by atoms with Crippen molar-refractivity contribution in [3.63, 3.8) is 0 Å². The molecule has 1 heterocycles. The number of nitrogens with zero attached hydrogens (tertiary/aromatic N) is 1. The summed E-state index contributed by atoms with van der Waals surface area (Å²) in [5.41, 5.74) is 0. The van der Waals surface area contributed by atoms with Crippen molar-refractivity contribution in [2.75, 3.05) is 13.2 Å². The summed E-state index contributed by atoms with van der Waals surface area (Å²) in [6, 6.07) is 1.68. The van der Waals surface area contributed by atoms with E-state index in [4.69, 9.17) is 10.00 Å². The van der Waals surface area contributed by atoms with Gasteiger partial charge in [0.15, 0.2) is 0 Å². The van der Waals surface area contributed by atoms with E-state index in [1.165, 1.54) is 0 Å². The zero-order valence-electron chi connectivity index (χ0n) is 7.91. The van der Waals surface area contributed by atoms with Crippen molar-refractivity contribution in [1.29, 1.82) is 5.26 Å². The van der Waals surface area contributed by atoms with Crippen LogP contribution < -0.4 is 5.32 Å². The smallest absolute Gasteiger partial charge is 0.228 e. The predicted octanol–water partition coefficient (Wildman–Crippen LogP) is 0.297. The number of carbonyl (C=O) groups excluding carboxylic acids is 1. The second-order valence-corrected chi connectivity index (χ2v) is 3.59. The third-order valence-corrected chi connectivity index (χ3v) is 2.11. The highest BCUT2D eigenvalue weighted by molar-refractivity contribution is 5.80. The summed E-state index contributed by atoms with van der Waals surface area (Å²) in [5.74, 6) is 0.0380. The molecule has 0 saturated carbocycles. The first-order chi connectivity index (χ1) is 6.15. The molecule has 13 heavy (non-hydrogen) atoms. The van der Waals surface area contributed by atoms with Crippen molar-refractivity contribution in [2.45, 2.75) is 19.9 Å². The van der Waals surface area contributed by atoms with Crippen LogP contribution in [0.1, 0.15) is 13.8 Å². The van der Waals surface area contributed by atoms with Gasteiger partial charge in [-0.3, -0.25) is 4.79 Å². The van der Waals surface area contributed by atoms with E-state index in [9.17, 15) is 4.79 Å². The van der Waals surface area contributed by atoms with Gasteiger partial charge in [-0.25, -0.2) is 0 Å². The van der Waals surface area contributed by atoms with Gasteiger partial charge in [0.05, 0.1) is 25.2 Å². The van der Waals surface area contributed by atoms with Gasteiger partial charge in [0.2, 0.25) is 5.91 Å². The SMILES string of the molecule is CC(C)C(C#N)NC(=O)C1COC1. The Morgan fingerprint density at radius 1 is 1.62 bits per heavy atom. The van der Waals surface area contributed by atoms with E-state index in [2.05, 4.69) is 11.4 Å². The van der Waals surface area contributed by atoms with Crippen LogP contribution >= 0.6 is 0 Å². The Labute approximate surface area is 77.9 Å². The van der Waals surface area contributed by atoms with Gasteiger partial charge in [-0.15, -0.1) is 0 Å². The number of nitriles is 1. The van der Waals surface area contributed by atoms with Crippen LogP contribution in [-0.4, -0.2) is 25.2 Å². The second kappa shape index (κ2) is 4.24. The number of rotatable bonds is 3. The van der Waals surface area contributed by atoms with Gasteiger partial charge in [0, 0.05) is 0 Å². The zero-order valence-corrected chi connectivity index (χ0v) is 7.91.